The third kappa shape index (κ3) is 52.5. The Morgan fingerprint density at radius 2 is 0.730 bits per heavy atom. The summed E-state index contributed by atoms with van der Waals surface area (Å²) < 4.78 is 39.3. The van der Waals surface area contributed by atoms with Crippen molar-refractivity contribution >= 4 is 25.7 Å². The van der Waals surface area contributed by atoms with Gasteiger partial charge in [-0.2, -0.15) is 0 Å². The number of rotatable bonds is 50. The van der Waals surface area contributed by atoms with Crippen LogP contribution in [0.15, 0.2) is 134 Å². The van der Waals surface area contributed by atoms with Crippen LogP contribution in [0.5, 0.6) is 0 Å². The van der Waals surface area contributed by atoms with Gasteiger partial charge < -0.3 is 24.2 Å². The average Bonchev–Trinajstić information content (AvgIpc) is 3.39. The minimum atomic E-state index is -4.78. The molecule has 12 heteroatoms. The van der Waals surface area contributed by atoms with Crippen LogP contribution in [0, 0.1) is 0 Å². The number of phosphoric ester groups is 1. The van der Waals surface area contributed by atoms with Crippen molar-refractivity contribution in [1.29, 1.82) is 0 Å². The zero-order valence-corrected chi connectivity index (χ0v) is 46.9. The monoisotopic (exact) mass is 1050 g/mol. The van der Waals surface area contributed by atoms with Crippen LogP contribution < -0.4 is 0 Å². The molecule has 0 aliphatic heterocycles. The Morgan fingerprint density at radius 3 is 1.14 bits per heavy atom. The zero-order valence-electron chi connectivity index (χ0n) is 46.0. The van der Waals surface area contributed by atoms with Crippen LogP contribution in [0.3, 0.4) is 0 Å². The molecule has 0 aliphatic rings. The van der Waals surface area contributed by atoms with Gasteiger partial charge in [0.2, 0.25) is 0 Å². The van der Waals surface area contributed by atoms with E-state index in [4.69, 9.17) is 23.3 Å². The second-order valence-corrected chi connectivity index (χ2v) is 19.4. The van der Waals surface area contributed by atoms with Crippen molar-refractivity contribution in [3.63, 3.8) is 0 Å². The van der Waals surface area contributed by atoms with Gasteiger partial charge >= 0.3 is 25.7 Å². The lowest BCUT2D eigenvalue weighted by atomic mass is 10.1. The van der Waals surface area contributed by atoms with Crippen LogP contribution in [0.2, 0.25) is 0 Å². The van der Waals surface area contributed by atoms with E-state index in [1.54, 1.807) is 0 Å². The van der Waals surface area contributed by atoms with E-state index in [2.05, 4.69) is 142 Å². The Labute approximate surface area is 449 Å². The normalized spacial score (nSPS) is 14.4. The molecular weight excluding hydrogens is 952 g/mol. The number of unbranched alkanes of at least 4 members (excludes halogenated alkanes) is 11. The van der Waals surface area contributed by atoms with Crippen LogP contribution in [0.4, 0.5) is 0 Å². The number of esters is 3. The van der Waals surface area contributed by atoms with Gasteiger partial charge in [-0.05, 0) is 103 Å². The topological polar surface area (TPSA) is 155 Å². The number of carbonyl (C=O) groups is 3. The molecule has 3 atom stereocenters. The van der Waals surface area contributed by atoms with Gasteiger partial charge in [-0.25, -0.2) is 4.57 Å². The van der Waals surface area contributed by atoms with Gasteiger partial charge in [-0.15, -0.1) is 0 Å². The molecule has 418 valence electrons. The molecule has 0 fully saturated rings. The number of aliphatic hydroxyl groups is 1. The number of aliphatic hydroxyl groups excluding tert-OH is 1. The molecule has 11 nitrogen and oxygen atoms in total. The molecule has 2 N–H and O–H groups in total. The van der Waals surface area contributed by atoms with E-state index in [0.29, 0.717) is 19.3 Å². The molecule has 0 amide bonds. The van der Waals surface area contributed by atoms with Gasteiger partial charge in [0.15, 0.2) is 6.10 Å². The second-order valence-electron chi connectivity index (χ2n) is 18.0. The Kier molecular flexibility index (Phi) is 51.6. The maximum absolute atomic E-state index is 12.9. The van der Waals surface area contributed by atoms with Gasteiger partial charge in [0.1, 0.15) is 12.7 Å². The summed E-state index contributed by atoms with van der Waals surface area (Å²) in [6, 6.07) is 0. The van der Waals surface area contributed by atoms with E-state index in [-0.39, 0.29) is 19.3 Å². The summed E-state index contributed by atoms with van der Waals surface area (Å²) in [5.41, 5.74) is 0. The molecule has 0 aromatic carbocycles. The van der Waals surface area contributed by atoms with E-state index in [1.165, 1.54) is 32.1 Å². The maximum atomic E-state index is 12.9. The SMILES string of the molecule is CC/C=C\C/C=C\C/C=C\C/C=C\C/C=C\C/C=C\CCC(=O)OCC(COP(=O)(O)OCC(CO)OC(=O)CCCCCCCCCCC)OC(=O)CCCCC/C=C\C/C=C\C/C=C\C/C=C\C/C=C\CC. The highest BCUT2D eigenvalue weighted by Gasteiger charge is 2.28. The van der Waals surface area contributed by atoms with Crippen LogP contribution >= 0.6 is 7.82 Å². The molecule has 0 radical (unpaired) electrons. The smallest absolute Gasteiger partial charge is 0.462 e. The molecule has 0 rings (SSSR count). The van der Waals surface area contributed by atoms with Crippen molar-refractivity contribution in [2.75, 3.05) is 26.4 Å². The van der Waals surface area contributed by atoms with E-state index >= 15 is 0 Å². The highest BCUT2D eigenvalue weighted by Crippen LogP contribution is 2.43. The molecule has 0 saturated carbocycles. The number of ether oxygens (including phenoxy) is 3. The van der Waals surface area contributed by atoms with Crippen molar-refractivity contribution in [3.05, 3.63) is 134 Å². The van der Waals surface area contributed by atoms with Gasteiger partial charge in [0.25, 0.3) is 0 Å². The van der Waals surface area contributed by atoms with Gasteiger partial charge in [-0.3, -0.25) is 23.4 Å². The van der Waals surface area contributed by atoms with Crippen LogP contribution in [-0.4, -0.2) is 66.5 Å². The quantitative estimate of drug-likeness (QED) is 0.0197. The first-order valence-corrected chi connectivity index (χ1v) is 29.6. The Hall–Kier alpha value is -4.38. The van der Waals surface area contributed by atoms with Crippen LogP contribution in [0.25, 0.3) is 0 Å². The third-order valence-electron chi connectivity index (χ3n) is 11.1. The fraction of sp³-hybridized carbons (Fsp3) is 0.597. The predicted molar refractivity (Wildman–Crippen MR) is 306 cm³/mol. The molecule has 0 aromatic rings. The van der Waals surface area contributed by atoms with Crippen molar-refractivity contribution in [3.8, 4) is 0 Å². The lowest BCUT2D eigenvalue weighted by Gasteiger charge is -2.21. The molecule has 0 heterocycles. The van der Waals surface area contributed by atoms with E-state index in [0.717, 1.165) is 109 Å². The number of hydrogen-bond acceptors (Lipinski definition) is 10. The van der Waals surface area contributed by atoms with Crippen molar-refractivity contribution in [2.45, 2.75) is 213 Å². The second kappa shape index (κ2) is 54.9. The Morgan fingerprint density at radius 1 is 0.392 bits per heavy atom. The van der Waals surface area contributed by atoms with Crippen molar-refractivity contribution < 1.29 is 52.2 Å². The molecule has 3 unspecified atom stereocenters. The summed E-state index contributed by atoms with van der Waals surface area (Å²) in [7, 11) is -4.78. The third-order valence-corrected chi connectivity index (χ3v) is 12.0. The lowest BCUT2D eigenvalue weighted by Crippen LogP contribution is -2.30. The zero-order chi connectivity index (χ0) is 54.1. The number of hydrogen-bond donors (Lipinski definition) is 2. The summed E-state index contributed by atoms with van der Waals surface area (Å²) in [5, 5.41) is 9.77. The van der Waals surface area contributed by atoms with Crippen molar-refractivity contribution in [1.82, 2.24) is 0 Å². The first-order valence-electron chi connectivity index (χ1n) is 28.1. The molecule has 74 heavy (non-hydrogen) atoms. The largest absolute Gasteiger partial charge is 0.472 e. The molecule has 0 aliphatic carbocycles. The minimum Gasteiger partial charge on any atom is -0.462 e. The first kappa shape index (κ1) is 69.6. The van der Waals surface area contributed by atoms with Crippen LogP contribution in [0.1, 0.15) is 201 Å². The average molecular weight is 1050 g/mol. The molecule has 0 bridgehead atoms. The fourth-order valence-electron chi connectivity index (χ4n) is 6.88. The minimum absolute atomic E-state index is 0.0869. The number of allylic oxidation sites excluding steroid dienone is 22. The highest BCUT2D eigenvalue weighted by molar-refractivity contribution is 7.47. The highest BCUT2D eigenvalue weighted by atomic mass is 31.2. The Bertz CT molecular complexity index is 1750. The summed E-state index contributed by atoms with van der Waals surface area (Å²) in [6.07, 6.45) is 68.7. The fourth-order valence-corrected chi connectivity index (χ4v) is 7.66. The summed E-state index contributed by atoms with van der Waals surface area (Å²) in [4.78, 5) is 48.4. The van der Waals surface area contributed by atoms with Crippen LogP contribution in [-0.2, 0) is 42.2 Å². The lowest BCUT2D eigenvalue weighted by molar-refractivity contribution is -0.161. The summed E-state index contributed by atoms with van der Waals surface area (Å²) in [5.74, 6) is -1.62. The standard InChI is InChI=1S/C62H99O11P/c1-4-7-10-13-16-19-21-23-25-27-29-31-33-35-37-40-42-45-48-51-60(64)69-55-59(57-71-74(67,68)70-56-58(54-63)72-61(65)52-49-46-43-39-18-15-12-9-6-3)73-62(66)53-50-47-44-41-38-36-34-32-30-28-26-24-22-20-17-14-11-8-5-2/h7-8,10-11,16-17,19-20,23-26,29-32,35-38,42,45,58-59,63H,4-6,9,12-15,18,21-22,27-28,33-34,39-41,43-44,46-57H2,1-3H3,(H,67,68)/b10-7-,11-8-,19-16-,20-17-,25-23-,26-24-,31-29-,32-30-,37-35-,38-36-,45-42-. The molecule has 0 aromatic heterocycles. The molecule has 0 saturated heterocycles. The van der Waals surface area contributed by atoms with Gasteiger partial charge in [0, 0.05) is 19.3 Å². The maximum Gasteiger partial charge on any atom is 0.472 e. The van der Waals surface area contributed by atoms with E-state index < -0.39 is 64.4 Å². The number of carbonyl (C=O) groups excluding carboxylic acids is 3. The van der Waals surface area contributed by atoms with Gasteiger partial charge in [0.05, 0.1) is 19.8 Å². The first-order chi connectivity index (χ1) is 36.2. The van der Waals surface area contributed by atoms with Crippen molar-refractivity contribution in [2.24, 2.45) is 0 Å². The predicted octanol–water partition coefficient (Wildman–Crippen LogP) is 16.6. The van der Waals surface area contributed by atoms with E-state index in [1.807, 2.05) is 12.2 Å². The molecular formula is C62H99O11P. The van der Waals surface area contributed by atoms with Gasteiger partial charge in [-0.1, -0.05) is 212 Å². The van der Waals surface area contributed by atoms with E-state index in [9.17, 15) is 28.9 Å². The molecule has 0 spiro atoms. The number of phosphoric acid groups is 1. The Balaban J connectivity index is 4.92. The summed E-state index contributed by atoms with van der Waals surface area (Å²) in [6.45, 7) is 4.24. The summed E-state index contributed by atoms with van der Waals surface area (Å²) >= 11 is 0.